The third-order valence-corrected chi connectivity index (χ3v) is 3.99. The maximum Gasteiger partial charge on any atom is 0.350 e. The van der Waals surface area contributed by atoms with Gasteiger partial charge in [0, 0.05) is 6.04 Å². The van der Waals surface area contributed by atoms with Gasteiger partial charge in [0.15, 0.2) is 5.13 Å². The molecule has 0 aliphatic heterocycles. The van der Waals surface area contributed by atoms with Gasteiger partial charge in [0.1, 0.15) is 4.88 Å². The molecular weight excluding hydrogens is 272 g/mol. The number of aromatic nitrogens is 1. The number of anilines is 1. The third kappa shape index (κ3) is 3.57. The lowest BCUT2D eigenvalue weighted by Gasteiger charge is -2.12. The lowest BCUT2D eigenvalue weighted by Crippen LogP contribution is -2.17. The van der Waals surface area contributed by atoms with Gasteiger partial charge in [0.25, 0.3) is 0 Å². The molecule has 1 aromatic carbocycles. The zero-order chi connectivity index (χ0) is 14.5. The van der Waals surface area contributed by atoms with Gasteiger partial charge in [-0.15, -0.1) is 0 Å². The van der Waals surface area contributed by atoms with Crippen LogP contribution in [0, 0.1) is 6.92 Å². The summed E-state index contributed by atoms with van der Waals surface area (Å²) < 4.78 is 4.73. The number of ether oxygens (including phenoxy) is 1. The van der Waals surface area contributed by atoms with E-state index in [1.54, 1.807) is 0 Å². The van der Waals surface area contributed by atoms with Crippen molar-refractivity contribution in [1.29, 1.82) is 0 Å². The Morgan fingerprint density at radius 3 is 2.75 bits per heavy atom. The van der Waals surface area contributed by atoms with Crippen molar-refractivity contribution in [3.05, 3.63) is 46.5 Å². The normalized spacial score (nSPS) is 11.9. The predicted molar refractivity (Wildman–Crippen MR) is 81.4 cm³/mol. The molecule has 0 aliphatic carbocycles. The predicted octanol–water partition coefficient (Wildman–Crippen LogP) is 3.28. The van der Waals surface area contributed by atoms with E-state index in [1.165, 1.54) is 24.0 Å². The number of thiazole rings is 1. The van der Waals surface area contributed by atoms with Crippen LogP contribution >= 0.6 is 11.3 Å². The van der Waals surface area contributed by atoms with E-state index in [4.69, 9.17) is 4.74 Å². The zero-order valence-corrected chi connectivity index (χ0v) is 12.7. The molecule has 2 rings (SSSR count). The summed E-state index contributed by atoms with van der Waals surface area (Å²) in [4.78, 5) is 16.5. The Morgan fingerprint density at radius 1 is 1.40 bits per heavy atom. The Balaban J connectivity index is 2.01. The highest BCUT2D eigenvalue weighted by Crippen LogP contribution is 2.24. The van der Waals surface area contributed by atoms with Crippen molar-refractivity contribution in [2.75, 3.05) is 12.4 Å². The van der Waals surface area contributed by atoms with E-state index >= 15 is 0 Å². The van der Waals surface area contributed by atoms with E-state index in [0.717, 1.165) is 11.6 Å². The van der Waals surface area contributed by atoms with E-state index in [9.17, 15) is 4.79 Å². The number of rotatable bonds is 5. The van der Waals surface area contributed by atoms with Gasteiger partial charge in [-0.05, 0) is 25.8 Å². The van der Waals surface area contributed by atoms with E-state index < -0.39 is 0 Å². The van der Waals surface area contributed by atoms with Crippen molar-refractivity contribution in [2.45, 2.75) is 26.3 Å². The first-order valence-electron chi connectivity index (χ1n) is 6.46. The molecule has 4 nitrogen and oxygen atoms in total. The monoisotopic (exact) mass is 290 g/mol. The molecule has 0 radical (unpaired) electrons. The quantitative estimate of drug-likeness (QED) is 0.859. The fourth-order valence-corrected chi connectivity index (χ4v) is 2.97. The minimum Gasteiger partial charge on any atom is -0.465 e. The highest BCUT2D eigenvalue weighted by molar-refractivity contribution is 7.17. The van der Waals surface area contributed by atoms with Crippen LogP contribution in [0.15, 0.2) is 30.3 Å². The number of hydrogen-bond acceptors (Lipinski definition) is 5. The molecule has 1 atom stereocenters. The largest absolute Gasteiger partial charge is 0.465 e. The highest BCUT2D eigenvalue weighted by Gasteiger charge is 2.16. The Bertz CT molecular complexity index is 581. The van der Waals surface area contributed by atoms with Crippen molar-refractivity contribution < 1.29 is 9.53 Å². The van der Waals surface area contributed by atoms with Crippen molar-refractivity contribution in [3.8, 4) is 0 Å². The highest BCUT2D eigenvalue weighted by atomic mass is 32.1. The first-order valence-corrected chi connectivity index (χ1v) is 7.28. The molecule has 0 fully saturated rings. The Labute approximate surface area is 122 Å². The molecule has 1 heterocycles. The Kier molecular flexibility index (Phi) is 4.74. The molecule has 0 saturated carbocycles. The molecular formula is C15H18N2O2S. The zero-order valence-electron chi connectivity index (χ0n) is 11.8. The van der Waals surface area contributed by atoms with Gasteiger partial charge in [0.05, 0.1) is 12.8 Å². The first-order chi connectivity index (χ1) is 9.60. The minimum atomic E-state index is -0.330. The van der Waals surface area contributed by atoms with E-state index in [2.05, 4.69) is 29.4 Å². The summed E-state index contributed by atoms with van der Waals surface area (Å²) in [5.74, 6) is -0.330. The second-order valence-corrected chi connectivity index (χ2v) is 5.66. The average molecular weight is 290 g/mol. The number of nitrogens with zero attached hydrogens (tertiary/aromatic N) is 1. The van der Waals surface area contributed by atoms with Crippen LogP contribution in [0.2, 0.25) is 0 Å². The third-order valence-electron chi connectivity index (χ3n) is 2.92. The molecule has 20 heavy (non-hydrogen) atoms. The molecule has 0 spiro atoms. The number of aryl methyl sites for hydroxylation is 1. The number of carbonyl (C=O) groups excluding carboxylic acids is 1. The summed E-state index contributed by atoms with van der Waals surface area (Å²) in [6.45, 7) is 3.91. The molecule has 2 aromatic rings. The standard InChI is InChI=1S/C15H18N2O2S/c1-10(9-12-7-5-4-6-8-12)16-15-17-11(2)13(20-15)14(18)19-3/h4-8,10H,9H2,1-3H3,(H,16,17). The van der Waals surface area contributed by atoms with Crippen LogP contribution in [0.4, 0.5) is 5.13 Å². The van der Waals surface area contributed by atoms with Gasteiger partial charge >= 0.3 is 5.97 Å². The van der Waals surface area contributed by atoms with Crippen LogP contribution in [-0.2, 0) is 11.2 Å². The number of carbonyl (C=O) groups is 1. The molecule has 0 bridgehead atoms. The van der Waals surface area contributed by atoms with Gasteiger partial charge in [-0.25, -0.2) is 9.78 Å². The first kappa shape index (κ1) is 14.5. The molecule has 5 heteroatoms. The lowest BCUT2D eigenvalue weighted by atomic mass is 10.1. The fraction of sp³-hybridized carbons (Fsp3) is 0.333. The van der Waals surface area contributed by atoms with Gasteiger partial charge in [-0.2, -0.15) is 0 Å². The SMILES string of the molecule is COC(=O)c1sc(NC(C)Cc2ccccc2)nc1C. The van der Waals surface area contributed by atoms with Crippen molar-refractivity contribution in [3.63, 3.8) is 0 Å². The van der Waals surface area contributed by atoms with Crippen molar-refractivity contribution >= 4 is 22.4 Å². The van der Waals surface area contributed by atoms with Gasteiger partial charge < -0.3 is 10.1 Å². The fourth-order valence-electron chi connectivity index (χ4n) is 1.97. The number of nitrogens with one attached hydrogen (secondary N) is 1. The molecule has 1 aromatic heterocycles. The topological polar surface area (TPSA) is 51.2 Å². The number of benzene rings is 1. The molecule has 1 unspecified atom stereocenters. The Morgan fingerprint density at radius 2 is 2.10 bits per heavy atom. The summed E-state index contributed by atoms with van der Waals surface area (Å²) in [7, 11) is 1.38. The maximum atomic E-state index is 11.5. The van der Waals surface area contributed by atoms with E-state index in [0.29, 0.717) is 10.6 Å². The van der Waals surface area contributed by atoms with Crippen LogP contribution in [0.25, 0.3) is 0 Å². The molecule has 0 saturated heterocycles. The van der Waals surface area contributed by atoms with Crippen LogP contribution < -0.4 is 5.32 Å². The van der Waals surface area contributed by atoms with Crippen LogP contribution in [0.5, 0.6) is 0 Å². The lowest BCUT2D eigenvalue weighted by molar-refractivity contribution is 0.0605. The summed E-state index contributed by atoms with van der Waals surface area (Å²) in [6, 6.07) is 10.5. The van der Waals surface area contributed by atoms with Crippen LogP contribution in [0.1, 0.15) is 27.9 Å². The molecule has 106 valence electrons. The summed E-state index contributed by atoms with van der Waals surface area (Å²) in [5.41, 5.74) is 1.98. The minimum absolute atomic E-state index is 0.244. The second-order valence-electron chi connectivity index (χ2n) is 4.66. The van der Waals surface area contributed by atoms with Crippen molar-refractivity contribution in [1.82, 2.24) is 4.98 Å². The Hall–Kier alpha value is -1.88. The average Bonchev–Trinajstić information content (AvgIpc) is 2.79. The van der Waals surface area contributed by atoms with Crippen LogP contribution in [-0.4, -0.2) is 24.1 Å². The van der Waals surface area contributed by atoms with Gasteiger partial charge in [0.2, 0.25) is 0 Å². The molecule has 1 N–H and O–H groups in total. The molecule has 0 aliphatic rings. The smallest absolute Gasteiger partial charge is 0.350 e. The number of esters is 1. The number of methoxy groups -OCH3 is 1. The van der Waals surface area contributed by atoms with Crippen molar-refractivity contribution in [2.24, 2.45) is 0 Å². The van der Waals surface area contributed by atoms with E-state index in [-0.39, 0.29) is 12.0 Å². The van der Waals surface area contributed by atoms with Crippen LogP contribution in [0.3, 0.4) is 0 Å². The second kappa shape index (κ2) is 6.52. The number of hydrogen-bond donors (Lipinski definition) is 1. The maximum absolute atomic E-state index is 11.5. The summed E-state index contributed by atoms with van der Waals surface area (Å²) in [5, 5.41) is 4.09. The van der Waals surface area contributed by atoms with E-state index in [1.807, 2.05) is 25.1 Å². The summed E-state index contributed by atoms with van der Waals surface area (Å²) in [6.07, 6.45) is 0.910. The van der Waals surface area contributed by atoms with Gasteiger partial charge in [-0.1, -0.05) is 41.7 Å². The van der Waals surface area contributed by atoms with Gasteiger partial charge in [-0.3, -0.25) is 0 Å². The molecule has 0 amide bonds. The summed E-state index contributed by atoms with van der Waals surface area (Å²) >= 11 is 1.33.